The molecule has 0 aliphatic carbocycles. The summed E-state index contributed by atoms with van der Waals surface area (Å²) in [5, 5.41) is 37.2. The number of nitrogens with one attached hydrogen (secondary N) is 3. The number of rotatable bonds is 12. The van der Waals surface area contributed by atoms with Crippen LogP contribution in [0.1, 0.15) is 29.3 Å². The maximum atomic E-state index is 13.3. The molecule has 46 heavy (non-hydrogen) atoms. The van der Waals surface area contributed by atoms with Crippen LogP contribution in [-0.2, 0) is 29.1 Å². The number of hydrogen-bond donors (Lipinski definition) is 6. The molecule has 1 fully saturated rings. The molecule has 246 valence electrons. The topological polar surface area (TPSA) is 201 Å². The highest BCUT2D eigenvalue weighted by Crippen LogP contribution is 2.34. The summed E-state index contributed by atoms with van der Waals surface area (Å²) in [4.78, 5) is 37.3. The van der Waals surface area contributed by atoms with Gasteiger partial charge in [0, 0.05) is 32.6 Å². The summed E-state index contributed by atoms with van der Waals surface area (Å²) in [5.41, 5.74) is 2.93. The zero-order chi connectivity index (χ0) is 33.6. The van der Waals surface area contributed by atoms with Crippen molar-refractivity contribution in [3.63, 3.8) is 0 Å². The first-order valence-corrected chi connectivity index (χ1v) is 15.9. The molecular formula is C32H37N3O10S. The number of carboxylic acid groups (broad SMARTS) is 1. The monoisotopic (exact) mass is 655 g/mol. The van der Waals surface area contributed by atoms with E-state index in [1.165, 1.54) is 12.1 Å². The lowest BCUT2D eigenvalue weighted by Gasteiger charge is -2.47. The Morgan fingerprint density at radius 3 is 2.15 bits per heavy atom. The molecular weight excluding hydrogens is 618 g/mol. The van der Waals surface area contributed by atoms with Crippen molar-refractivity contribution in [2.75, 3.05) is 13.7 Å². The van der Waals surface area contributed by atoms with E-state index in [1.807, 2.05) is 30.3 Å². The molecule has 0 unspecified atom stereocenters. The van der Waals surface area contributed by atoms with Crippen molar-refractivity contribution in [2.45, 2.75) is 61.3 Å². The number of aryl methyl sites for hydroxylation is 1. The molecule has 0 saturated carbocycles. The molecule has 1 aliphatic rings. The summed E-state index contributed by atoms with van der Waals surface area (Å²) in [6, 6.07) is 19.4. The van der Waals surface area contributed by atoms with Crippen LogP contribution >= 0.6 is 0 Å². The van der Waals surface area contributed by atoms with E-state index in [1.54, 1.807) is 43.3 Å². The largest absolute Gasteiger partial charge is 0.477 e. The van der Waals surface area contributed by atoms with E-state index in [4.69, 9.17) is 9.47 Å². The second-order valence-corrected chi connectivity index (χ2v) is 12.7. The molecule has 3 aromatic carbocycles. The van der Waals surface area contributed by atoms with E-state index in [2.05, 4.69) is 15.4 Å². The van der Waals surface area contributed by atoms with E-state index in [0.29, 0.717) is 0 Å². The van der Waals surface area contributed by atoms with Gasteiger partial charge in [0.1, 0.15) is 12.2 Å². The number of aliphatic hydroxyl groups is 2. The zero-order valence-electron chi connectivity index (χ0n) is 25.4. The normalized spacial score (nSPS) is 22.8. The maximum absolute atomic E-state index is 13.3. The fourth-order valence-electron chi connectivity index (χ4n) is 5.23. The molecule has 1 saturated heterocycles. The first-order valence-electron chi connectivity index (χ1n) is 14.4. The van der Waals surface area contributed by atoms with Crippen LogP contribution in [0.4, 0.5) is 0 Å². The van der Waals surface area contributed by atoms with Gasteiger partial charge in [-0.15, -0.1) is 0 Å². The molecule has 0 aromatic heterocycles. The van der Waals surface area contributed by atoms with Crippen LogP contribution in [-0.4, -0.2) is 91.4 Å². The predicted octanol–water partition coefficient (Wildman–Crippen LogP) is 1.18. The zero-order valence-corrected chi connectivity index (χ0v) is 26.2. The minimum absolute atomic E-state index is 0.124. The quantitative estimate of drug-likeness (QED) is 0.165. The highest BCUT2D eigenvalue weighted by Gasteiger charge is 2.56. The number of aliphatic hydroxyl groups excluding tert-OH is 2. The first kappa shape index (κ1) is 34.7. The third kappa shape index (κ3) is 7.96. The first-order chi connectivity index (χ1) is 21.8. The van der Waals surface area contributed by atoms with E-state index in [-0.39, 0.29) is 10.5 Å². The molecule has 13 nitrogen and oxygen atoms in total. The van der Waals surface area contributed by atoms with Crippen LogP contribution in [0.2, 0.25) is 0 Å². The Labute approximate surface area is 266 Å². The van der Waals surface area contributed by atoms with Gasteiger partial charge >= 0.3 is 5.97 Å². The molecule has 1 aliphatic heterocycles. The fourth-order valence-corrected chi connectivity index (χ4v) is 6.49. The lowest BCUT2D eigenvalue weighted by molar-refractivity contribution is -0.291. The summed E-state index contributed by atoms with van der Waals surface area (Å²) >= 11 is 0. The summed E-state index contributed by atoms with van der Waals surface area (Å²) in [6.45, 7) is 2.42. The van der Waals surface area contributed by atoms with Crippen molar-refractivity contribution in [3.8, 4) is 11.1 Å². The van der Waals surface area contributed by atoms with Crippen molar-refractivity contribution in [2.24, 2.45) is 0 Å². The minimum atomic E-state index is -4.28. The smallest absolute Gasteiger partial charge is 0.364 e. The molecule has 1 heterocycles. The minimum Gasteiger partial charge on any atom is -0.477 e. The Morgan fingerprint density at radius 1 is 0.978 bits per heavy atom. The van der Waals surface area contributed by atoms with Gasteiger partial charge in [-0.05, 0) is 42.3 Å². The summed E-state index contributed by atoms with van der Waals surface area (Å²) < 4.78 is 39.9. The van der Waals surface area contributed by atoms with Gasteiger partial charge in [-0.2, -0.15) is 0 Å². The van der Waals surface area contributed by atoms with Gasteiger partial charge in [0.2, 0.25) is 15.9 Å². The van der Waals surface area contributed by atoms with Crippen molar-refractivity contribution in [1.82, 2.24) is 15.4 Å². The number of amides is 2. The lowest BCUT2D eigenvalue weighted by atomic mass is 9.87. The van der Waals surface area contributed by atoms with E-state index in [9.17, 15) is 38.1 Å². The molecule has 3 aromatic rings. The Bertz CT molecular complexity index is 1630. The van der Waals surface area contributed by atoms with Gasteiger partial charge < -0.3 is 35.4 Å². The third-order valence-electron chi connectivity index (χ3n) is 7.72. The predicted molar refractivity (Wildman–Crippen MR) is 166 cm³/mol. The van der Waals surface area contributed by atoms with E-state index in [0.717, 1.165) is 30.7 Å². The molecule has 0 radical (unpaired) electrons. The maximum Gasteiger partial charge on any atom is 0.364 e. The average Bonchev–Trinajstić information content (AvgIpc) is 3.04. The summed E-state index contributed by atoms with van der Waals surface area (Å²) in [5.74, 6) is -5.30. The van der Waals surface area contributed by atoms with Crippen LogP contribution in [0.5, 0.6) is 0 Å². The number of methoxy groups -OCH3 is 1. The van der Waals surface area contributed by atoms with Gasteiger partial charge in [0.05, 0.1) is 23.1 Å². The third-order valence-corrected chi connectivity index (χ3v) is 9.23. The van der Waals surface area contributed by atoms with Crippen LogP contribution in [0, 0.1) is 6.92 Å². The average molecular weight is 656 g/mol. The van der Waals surface area contributed by atoms with Crippen LogP contribution in [0.25, 0.3) is 11.1 Å². The van der Waals surface area contributed by atoms with E-state index < -0.39 is 77.0 Å². The molecule has 0 spiro atoms. The van der Waals surface area contributed by atoms with Gasteiger partial charge in [-0.25, -0.2) is 17.9 Å². The number of ether oxygens (including phenoxy) is 2. The highest BCUT2D eigenvalue weighted by molar-refractivity contribution is 7.89. The van der Waals surface area contributed by atoms with Crippen LogP contribution in [0.3, 0.4) is 0 Å². The Morgan fingerprint density at radius 2 is 1.59 bits per heavy atom. The standard InChI is InChI=1S/C32H37N3O10S/c1-19-9-15-24(16-10-19)46(42,43)35-25-17-32(44-3,31(40)41)45-29(27(25)34-20(2)36)28(38)26(37)18-33-30(39)23-13-11-22(12-14-23)21-7-5-4-6-8-21/h4-16,25-29,35,37-38H,17-18H2,1-3H3,(H,33,39)(H,34,36)(H,40,41)/t25-,26+,27+,28+,29+,32+/m0/s1. The van der Waals surface area contributed by atoms with Crippen molar-refractivity contribution in [1.29, 1.82) is 0 Å². The molecule has 6 atom stereocenters. The number of carbonyl (C=O) groups excluding carboxylic acids is 2. The number of carboxylic acids is 1. The Kier molecular flexibility index (Phi) is 10.9. The van der Waals surface area contributed by atoms with Crippen molar-refractivity contribution < 1.29 is 47.6 Å². The number of hydrogen-bond acceptors (Lipinski definition) is 9. The van der Waals surface area contributed by atoms with Gasteiger partial charge in [0.15, 0.2) is 0 Å². The van der Waals surface area contributed by atoms with Crippen molar-refractivity contribution >= 4 is 27.8 Å². The van der Waals surface area contributed by atoms with Gasteiger partial charge in [-0.1, -0.05) is 60.2 Å². The molecule has 4 rings (SSSR count). The number of sulfonamides is 1. The number of carbonyl (C=O) groups is 3. The molecule has 14 heteroatoms. The summed E-state index contributed by atoms with van der Waals surface area (Å²) in [6.07, 6.45) is -6.00. The molecule has 0 bridgehead atoms. The second-order valence-electron chi connectivity index (χ2n) is 11.0. The number of aliphatic carboxylic acids is 1. The van der Waals surface area contributed by atoms with Gasteiger partial charge in [0.25, 0.3) is 11.7 Å². The molecule has 2 amide bonds. The second kappa shape index (κ2) is 14.5. The Hall–Kier alpha value is -4.18. The van der Waals surface area contributed by atoms with E-state index >= 15 is 0 Å². The molecule has 6 N–H and O–H groups in total. The summed E-state index contributed by atoms with van der Waals surface area (Å²) in [7, 11) is -3.25. The van der Waals surface area contributed by atoms with Crippen LogP contribution < -0.4 is 15.4 Å². The van der Waals surface area contributed by atoms with Crippen LogP contribution in [0.15, 0.2) is 83.8 Å². The SMILES string of the molecule is CO[C@]1(C(=O)O)C[C@H](NS(=O)(=O)c2ccc(C)cc2)[C@@H](NC(C)=O)[C@H]([C@H](O)[C@H](O)CNC(=O)c2ccc(-c3ccccc3)cc2)O1. The Balaban J connectivity index is 1.55. The highest BCUT2D eigenvalue weighted by atomic mass is 32.2. The lowest BCUT2D eigenvalue weighted by Crippen LogP contribution is -2.70. The van der Waals surface area contributed by atoms with Crippen molar-refractivity contribution in [3.05, 3.63) is 90.0 Å². The fraction of sp³-hybridized carbons (Fsp3) is 0.344. The number of benzene rings is 3. The van der Waals surface area contributed by atoms with Gasteiger partial charge in [-0.3, -0.25) is 9.59 Å².